The zero-order valence-corrected chi connectivity index (χ0v) is 19.9. The van der Waals surface area contributed by atoms with Crippen molar-refractivity contribution in [1.29, 1.82) is 0 Å². The molecule has 0 aliphatic heterocycles. The molecule has 0 bridgehead atoms. The lowest BCUT2D eigenvalue weighted by Crippen LogP contribution is -2.20. The Bertz CT molecular complexity index is 1150. The van der Waals surface area contributed by atoms with Crippen molar-refractivity contribution in [1.82, 2.24) is 4.57 Å². The van der Waals surface area contributed by atoms with E-state index in [9.17, 15) is 4.79 Å². The molecule has 0 aliphatic rings. The van der Waals surface area contributed by atoms with Crippen LogP contribution in [-0.4, -0.2) is 45.0 Å². The van der Waals surface area contributed by atoms with Crippen molar-refractivity contribution in [2.45, 2.75) is 13.5 Å². The van der Waals surface area contributed by atoms with Gasteiger partial charge in [-0.15, -0.1) is 0 Å². The summed E-state index contributed by atoms with van der Waals surface area (Å²) in [5.74, 6) is 0.682. The van der Waals surface area contributed by atoms with Crippen molar-refractivity contribution in [2.24, 2.45) is 4.99 Å². The Morgan fingerprint density at radius 1 is 1.10 bits per heavy atom. The van der Waals surface area contributed by atoms with Crippen molar-refractivity contribution in [3.63, 3.8) is 0 Å². The fourth-order valence-electron chi connectivity index (χ4n) is 3.05. The zero-order chi connectivity index (χ0) is 22.5. The Morgan fingerprint density at radius 3 is 2.35 bits per heavy atom. The van der Waals surface area contributed by atoms with Crippen LogP contribution in [0.5, 0.6) is 17.2 Å². The maximum absolute atomic E-state index is 13.0. The van der Waals surface area contributed by atoms with Crippen LogP contribution in [0.1, 0.15) is 17.3 Å². The number of carbonyl (C=O) groups excluding carboxylic acids is 1. The van der Waals surface area contributed by atoms with Gasteiger partial charge in [0.15, 0.2) is 16.3 Å². The molecule has 10 heteroatoms. The minimum atomic E-state index is -0.460. The van der Waals surface area contributed by atoms with E-state index in [4.69, 9.17) is 42.1 Å². The molecule has 1 heterocycles. The highest BCUT2D eigenvalue weighted by Crippen LogP contribution is 2.38. The lowest BCUT2D eigenvalue weighted by molar-refractivity contribution is 0.0996. The van der Waals surface area contributed by atoms with Gasteiger partial charge in [0.2, 0.25) is 5.75 Å². The summed E-state index contributed by atoms with van der Waals surface area (Å²) in [5, 5.41) is 0.841. The monoisotopic (exact) mass is 484 g/mol. The van der Waals surface area contributed by atoms with E-state index in [1.165, 1.54) is 32.7 Å². The highest BCUT2D eigenvalue weighted by Gasteiger charge is 2.18. The quantitative estimate of drug-likeness (QED) is 0.428. The Morgan fingerprint density at radius 2 is 1.77 bits per heavy atom. The molecule has 0 aliphatic carbocycles. The van der Waals surface area contributed by atoms with Gasteiger partial charge < -0.3 is 23.5 Å². The Hall–Kier alpha value is -2.26. The molecule has 1 aromatic heterocycles. The van der Waals surface area contributed by atoms with E-state index in [0.717, 1.165) is 10.2 Å². The molecule has 3 rings (SSSR count). The van der Waals surface area contributed by atoms with Crippen LogP contribution in [0.25, 0.3) is 10.2 Å². The van der Waals surface area contributed by atoms with Gasteiger partial charge in [-0.3, -0.25) is 4.79 Å². The smallest absolute Gasteiger partial charge is 0.279 e. The molecule has 0 atom stereocenters. The van der Waals surface area contributed by atoms with Gasteiger partial charge in [0.1, 0.15) is 0 Å². The summed E-state index contributed by atoms with van der Waals surface area (Å²) < 4.78 is 24.2. The first-order chi connectivity index (χ1) is 14.9. The number of amides is 1. The van der Waals surface area contributed by atoms with Gasteiger partial charge in [-0.25, -0.2) is 0 Å². The number of halogens is 2. The number of nitrogens with zero attached hydrogens (tertiary/aromatic N) is 2. The zero-order valence-electron chi connectivity index (χ0n) is 17.5. The average molecular weight is 485 g/mol. The molecule has 0 N–H and O–H groups in total. The SMILES string of the molecule is CCOCCn1c(=NC(=O)c2cc(OC)c(OC)c(OC)c2)sc2ccc(Cl)c(Cl)c21. The molecular weight excluding hydrogens is 463 g/mol. The van der Waals surface area contributed by atoms with E-state index in [1.807, 2.05) is 17.6 Å². The maximum Gasteiger partial charge on any atom is 0.279 e. The number of fused-ring (bicyclic) bond motifs is 1. The lowest BCUT2D eigenvalue weighted by atomic mass is 10.1. The van der Waals surface area contributed by atoms with Crippen molar-refractivity contribution >= 4 is 50.7 Å². The molecule has 1 amide bonds. The number of ether oxygens (including phenoxy) is 4. The molecule has 0 saturated carbocycles. The van der Waals surface area contributed by atoms with Gasteiger partial charge in [0.25, 0.3) is 5.91 Å². The number of methoxy groups -OCH3 is 3. The fourth-order valence-corrected chi connectivity index (χ4v) is 4.59. The largest absolute Gasteiger partial charge is 0.493 e. The van der Waals surface area contributed by atoms with Crippen LogP contribution in [-0.2, 0) is 11.3 Å². The summed E-state index contributed by atoms with van der Waals surface area (Å²) in [6.07, 6.45) is 0. The topological polar surface area (TPSA) is 71.3 Å². The second-order valence-corrected chi connectivity index (χ2v) is 8.07. The Balaban J connectivity index is 2.14. The van der Waals surface area contributed by atoms with Crippen LogP contribution < -0.4 is 19.0 Å². The highest BCUT2D eigenvalue weighted by atomic mass is 35.5. The first kappa shape index (κ1) is 23.4. The lowest BCUT2D eigenvalue weighted by Gasteiger charge is -2.12. The van der Waals surface area contributed by atoms with Crippen molar-refractivity contribution < 1.29 is 23.7 Å². The van der Waals surface area contributed by atoms with Gasteiger partial charge in [-0.2, -0.15) is 4.99 Å². The third-order valence-corrected chi connectivity index (χ3v) is 6.34. The highest BCUT2D eigenvalue weighted by molar-refractivity contribution is 7.16. The number of aromatic nitrogens is 1. The molecule has 0 saturated heterocycles. The Labute approximate surface area is 193 Å². The predicted molar refractivity (Wildman–Crippen MR) is 122 cm³/mol. The van der Waals surface area contributed by atoms with E-state index in [1.54, 1.807) is 18.2 Å². The van der Waals surface area contributed by atoms with Crippen LogP contribution in [0.2, 0.25) is 10.0 Å². The van der Waals surface area contributed by atoms with Gasteiger partial charge in [-0.05, 0) is 31.2 Å². The first-order valence-electron chi connectivity index (χ1n) is 9.39. The van der Waals surface area contributed by atoms with Crippen molar-refractivity contribution in [2.75, 3.05) is 34.5 Å². The third-order valence-electron chi connectivity index (χ3n) is 4.51. The molecule has 166 valence electrons. The van der Waals surface area contributed by atoms with Gasteiger partial charge >= 0.3 is 0 Å². The normalized spacial score (nSPS) is 11.7. The van der Waals surface area contributed by atoms with Crippen LogP contribution in [0, 0.1) is 0 Å². The van der Waals surface area contributed by atoms with Crippen LogP contribution >= 0.6 is 34.5 Å². The minimum Gasteiger partial charge on any atom is -0.493 e. The van der Waals surface area contributed by atoms with Crippen LogP contribution in [0.4, 0.5) is 0 Å². The molecule has 0 fully saturated rings. The molecule has 0 radical (unpaired) electrons. The number of benzene rings is 2. The number of rotatable bonds is 8. The second-order valence-electron chi connectivity index (χ2n) is 6.27. The fraction of sp³-hybridized carbons (Fsp3) is 0.333. The van der Waals surface area contributed by atoms with E-state index in [-0.39, 0.29) is 0 Å². The summed E-state index contributed by atoms with van der Waals surface area (Å²) in [6.45, 7) is 3.40. The van der Waals surface area contributed by atoms with Crippen molar-refractivity contribution in [3.05, 3.63) is 44.7 Å². The second kappa shape index (κ2) is 10.4. The molecule has 0 unspecified atom stereocenters. The van der Waals surface area contributed by atoms with Crippen LogP contribution in [0.3, 0.4) is 0 Å². The van der Waals surface area contributed by atoms with Crippen LogP contribution in [0.15, 0.2) is 29.3 Å². The van der Waals surface area contributed by atoms with E-state index >= 15 is 0 Å². The van der Waals surface area contributed by atoms with E-state index in [2.05, 4.69) is 4.99 Å². The number of hydrogen-bond acceptors (Lipinski definition) is 6. The molecular formula is C21H22Cl2N2O5S. The summed E-state index contributed by atoms with van der Waals surface area (Å²) >= 11 is 14.0. The van der Waals surface area contributed by atoms with E-state index in [0.29, 0.717) is 57.4 Å². The predicted octanol–water partition coefficient (Wildman–Crippen LogP) is 4.81. The molecule has 2 aromatic carbocycles. The number of hydrogen-bond donors (Lipinski definition) is 0. The third kappa shape index (κ3) is 4.82. The minimum absolute atomic E-state index is 0.299. The number of carbonyl (C=O) groups is 1. The number of thiazole rings is 1. The average Bonchev–Trinajstić information content (AvgIpc) is 3.12. The van der Waals surface area contributed by atoms with Gasteiger partial charge in [-0.1, -0.05) is 34.5 Å². The van der Waals surface area contributed by atoms with E-state index < -0.39 is 5.91 Å². The molecule has 31 heavy (non-hydrogen) atoms. The summed E-state index contributed by atoms with van der Waals surface area (Å²) in [7, 11) is 4.48. The maximum atomic E-state index is 13.0. The summed E-state index contributed by atoms with van der Waals surface area (Å²) in [4.78, 5) is 17.9. The summed E-state index contributed by atoms with van der Waals surface area (Å²) in [6, 6.07) is 6.71. The van der Waals surface area contributed by atoms with Crippen molar-refractivity contribution in [3.8, 4) is 17.2 Å². The standard InChI is InChI=1S/C21H22Cl2N2O5S/c1-5-30-9-8-25-18-16(7-6-13(22)17(18)23)31-21(25)24-20(26)12-10-14(27-2)19(29-4)15(11-12)28-3/h6-7,10-11H,5,8-9H2,1-4H3. The molecule has 3 aromatic rings. The summed E-state index contributed by atoms with van der Waals surface area (Å²) in [5.41, 5.74) is 1.02. The Kier molecular flexibility index (Phi) is 7.83. The first-order valence-corrected chi connectivity index (χ1v) is 11.0. The van der Waals surface area contributed by atoms with Gasteiger partial charge in [0, 0.05) is 18.7 Å². The molecule has 7 nitrogen and oxygen atoms in total. The molecule has 0 spiro atoms. The van der Waals surface area contributed by atoms with Gasteiger partial charge in [0.05, 0.1) is 48.2 Å².